The second-order valence-electron chi connectivity index (χ2n) is 4.81. The Morgan fingerprint density at radius 2 is 2.04 bits per heavy atom. The number of aryl methyl sites for hydroxylation is 1. The summed E-state index contributed by atoms with van der Waals surface area (Å²) in [6, 6.07) is 3.34. The van der Waals surface area contributed by atoms with Crippen molar-refractivity contribution >= 4 is 23.6 Å². The van der Waals surface area contributed by atoms with Gasteiger partial charge in [-0.05, 0) is 30.7 Å². The number of benzene rings is 1. The topological polar surface area (TPSA) is 83.7 Å². The molecule has 0 N–H and O–H groups in total. The Balaban J connectivity index is 2.07. The fourth-order valence-corrected chi connectivity index (χ4v) is 2.23. The largest absolute Gasteiger partial charge is 0.493 e. The third-order valence-electron chi connectivity index (χ3n) is 3.05. The summed E-state index contributed by atoms with van der Waals surface area (Å²) in [5.74, 6) is 0.989. The van der Waals surface area contributed by atoms with E-state index < -0.39 is 12.1 Å². The van der Waals surface area contributed by atoms with Gasteiger partial charge in [-0.3, -0.25) is 0 Å². The molecule has 0 radical (unpaired) electrons. The van der Waals surface area contributed by atoms with Gasteiger partial charge in [0.15, 0.2) is 17.6 Å². The minimum absolute atomic E-state index is 0.239. The van der Waals surface area contributed by atoms with Gasteiger partial charge in [0.2, 0.25) is 5.89 Å². The van der Waals surface area contributed by atoms with Crippen molar-refractivity contribution < 1.29 is 23.4 Å². The molecule has 0 saturated heterocycles. The molecule has 1 unspecified atom stereocenters. The molecule has 1 heterocycles. The predicted molar refractivity (Wildman–Crippen MR) is 87.1 cm³/mol. The van der Waals surface area contributed by atoms with Crippen molar-refractivity contribution in [2.24, 2.45) is 0 Å². The minimum Gasteiger partial charge on any atom is -0.493 e. The Morgan fingerprint density at radius 3 is 2.62 bits per heavy atom. The number of aromatic nitrogens is 2. The van der Waals surface area contributed by atoms with Crippen LogP contribution in [-0.2, 0) is 9.53 Å². The number of carbonyl (C=O) groups is 1. The maximum Gasteiger partial charge on any atom is 0.331 e. The van der Waals surface area contributed by atoms with Crippen LogP contribution in [0.15, 0.2) is 22.6 Å². The highest BCUT2D eigenvalue weighted by atomic mass is 35.5. The van der Waals surface area contributed by atoms with E-state index in [0.29, 0.717) is 28.0 Å². The van der Waals surface area contributed by atoms with Gasteiger partial charge in [0.1, 0.15) is 0 Å². The van der Waals surface area contributed by atoms with Crippen LogP contribution in [0, 0.1) is 6.92 Å². The monoisotopic (exact) mass is 352 g/mol. The SMILES string of the molecule is COc1cc(/C=C/C(=O)OC(C)c2nnc(C)o2)cc(Cl)c1OC. The van der Waals surface area contributed by atoms with Crippen LogP contribution in [0.25, 0.3) is 6.08 Å². The zero-order valence-corrected chi connectivity index (χ0v) is 14.5. The number of methoxy groups -OCH3 is 2. The fraction of sp³-hybridized carbons (Fsp3) is 0.312. The molecule has 0 bridgehead atoms. The van der Waals surface area contributed by atoms with Gasteiger partial charge >= 0.3 is 5.97 Å². The summed E-state index contributed by atoms with van der Waals surface area (Å²) < 4.78 is 20.8. The molecule has 24 heavy (non-hydrogen) atoms. The van der Waals surface area contributed by atoms with Gasteiger partial charge in [-0.15, -0.1) is 10.2 Å². The highest BCUT2D eigenvalue weighted by Gasteiger charge is 2.16. The summed E-state index contributed by atoms with van der Waals surface area (Å²) in [6.07, 6.45) is 2.19. The molecule has 2 aromatic rings. The Bertz CT molecular complexity index is 757. The van der Waals surface area contributed by atoms with Gasteiger partial charge in [0.05, 0.1) is 19.2 Å². The number of hydrogen-bond donors (Lipinski definition) is 0. The summed E-state index contributed by atoms with van der Waals surface area (Å²) >= 11 is 6.11. The molecule has 8 heteroatoms. The standard InChI is InChI=1S/C16H17ClN2O5/c1-9(16-19-18-10(2)24-16)23-14(20)6-5-11-7-12(17)15(22-4)13(8-11)21-3/h5-9H,1-4H3/b6-5+. The lowest BCUT2D eigenvalue weighted by Crippen LogP contribution is -2.06. The second-order valence-corrected chi connectivity index (χ2v) is 5.22. The van der Waals surface area contributed by atoms with Gasteiger partial charge in [-0.25, -0.2) is 4.79 Å². The van der Waals surface area contributed by atoms with Crippen LogP contribution in [0.4, 0.5) is 0 Å². The average Bonchev–Trinajstić information content (AvgIpc) is 2.99. The van der Waals surface area contributed by atoms with Crippen molar-refractivity contribution in [1.29, 1.82) is 0 Å². The fourth-order valence-electron chi connectivity index (χ4n) is 1.94. The van der Waals surface area contributed by atoms with Gasteiger partial charge in [-0.2, -0.15) is 0 Å². The van der Waals surface area contributed by atoms with Crippen molar-refractivity contribution in [3.63, 3.8) is 0 Å². The lowest BCUT2D eigenvalue weighted by atomic mass is 10.2. The average molecular weight is 353 g/mol. The maximum atomic E-state index is 11.9. The van der Waals surface area contributed by atoms with Crippen molar-refractivity contribution in [3.8, 4) is 11.5 Å². The quantitative estimate of drug-likeness (QED) is 0.582. The normalized spacial score (nSPS) is 12.2. The first-order valence-corrected chi connectivity index (χ1v) is 7.42. The van der Waals surface area contributed by atoms with Crippen LogP contribution in [0.1, 0.15) is 30.4 Å². The van der Waals surface area contributed by atoms with Crippen LogP contribution in [0.2, 0.25) is 5.02 Å². The molecule has 7 nitrogen and oxygen atoms in total. The lowest BCUT2D eigenvalue weighted by Gasteiger charge is -2.10. The molecule has 1 aromatic carbocycles. The van der Waals surface area contributed by atoms with E-state index in [1.165, 1.54) is 20.3 Å². The van der Waals surface area contributed by atoms with Crippen LogP contribution < -0.4 is 9.47 Å². The van der Waals surface area contributed by atoms with Gasteiger partial charge < -0.3 is 18.6 Å². The highest BCUT2D eigenvalue weighted by molar-refractivity contribution is 6.32. The van der Waals surface area contributed by atoms with Crippen molar-refractivity contribution in [2.45, 2.75) is 20.0 Å². The molecular weight excluding hydrogens is 336 g/mol. The summed E-state index contributed by atoms with van der Waals surface area (Å²) in [5, 5.41) is 7.87. The maximum absolute atomic E-state index is 11.9. The molecule has 0 fully saturated rings. The summed E-state index contributed by atoms with van der Waals surface area (Å²) in [4.78, 5) is 11.9. The zero-order chi connectivity index (χ0) is 17.7. The summed E-state index contributed by atoms with van der Waals surface area (Å²) in [7, 11) is 3.00. The van der Waals surface area contributed by atoms with E-state index in [2.05, 4.69) is 10.2 Å². The lowest BCUT2D eigenvalue weighted by molar-refractivity contribution is -0.143. The number of rotatable bonds is 6. The molecule has 1 atom stereocenters. The van der Waals surface area contributed by atoms with Crippen LogP contribution in [0.5, 0.6) is 11.5 Å². The number of halogens is 1. The van der Waals surface area contributed by atoms with E-state index >= 15 is 0 Å². The molecule has 0 amide bonds. The molecule has 0 aliphatic rings. The molecule has 128 valence electrons. The van der Waals surface area contributed by atoms with Crippen LogP contribution in [-0.4, -0.2) is 30.4 Å². The van der Waals surface area contributed by atoms with E-state index in [4.69, 9.17) is 30.2 Å². The smallest absolute Gasteiger partial charge is 0.331 e. The van der Waals surface area contributed by atoms with E-state index in [1.807, 2.05) is 0 Å². The Morgan fingerprint density at radius 1 is 1.29 bits per heavy atom. The number of ether oxygens (including phenoxy) is 3. The van der Waals surface area contributed by atoms with E-state index in [9.17, 15) is 4.79 Å². The summed E-state index contributed by atoms with van der Waals surface area (Å²) in [5.41, 5.74) is 0.663. The molecular formula is C16H17ClN2O5. The first-order valence-electron chi connectivity index (χ1n) is 7.04. The molecule has 0 aliphatic carbocycles. The van der Waals surface area contributed by atoms with Gasteiger partial charge in [0.25, 0.3) is 5.89 Å². The highest BCUT2D eigenvalue weighted by Crippen LogP contribution is 2.36. The first-order chi connectivity index (χ1) is 11.4. The number of carbonyl (C=O) groups excluding carboxylic acids is 1. The Hall–Kier alpha value is -2.54. The zero-order valence-electron chi connectivity index (χ0n) is 13.7. The Kier molecular flexibility index (Phi) is 5.81. The second kappa shape index (κ2) is 7.83. The third kappa shape index (κ3) is 4.26. The molecule has 2 rings (SSSR count). The molecule has 1 aromatic heterocycles. The minimum atomic E-state index is -0.641. The van der Waals surface area contributed by atoms with Crippen molar-refractivity contribution in [1.82, 2.24) is 10.2 Å². The first kappa shape index (κ1) is 17.8. The molecule has 0 spiro atoms. The molecule has 0 saturated carbocycles. The summed E-state index contributed by atoms with van der Waals surface area (Å²) in [6.45, 7) is 3.30. The van der Waals surface area contributed by atoms with Crippen molar-refractivity contribution in [3.05, 3.63) is 40.6 Å². The van der Waals surface area contributed by atoms with Crippen LogP contribution in [0.3, 0.4) is 0 Å². The third-order valence-corrected chi connectivity index (χ3v) is 3.33. The predicted octanol–water partition coefficient (Wildman–Crippen LogP) is 3.37. The van der Waals surface area contributed by atoms with E-state index in [-0.39, 0.29) is 5.89 Å². The van der Waals surface area contributed by atoms with Gasteiger partial charge in [0, 0.05) is 13.0 Å². The van der Waals surface area contributed by atoms with Crippen LogP contribution >= 0.6 is 11.6 Å². The van der Waals surface area contributed by atoms with E-state index in [1.54, 1.807) is 32.1 Å². The van der Waals surface area contributed by atoms with E-state index in [0.717, 1.165) is 0 Å². The number of hydrogen-bond acceptors (Lipinski definition) is 7. The molecule has 0 aliphatic heterocycles. The number of esters is 1. The van der Waals surface area contributed by atoms with Crippen molar-refractivity contribution in [2.75, 3.05) is 14.2 Å². The Labute approximate surface area is 144 Å². The number of nitrogens with zero attached hydrogens (tertiary/aromatic N) is 2. The van der Waals surface area contributed by atoms with Gasteiger partial charge in [-0.1, -0.05) is 11.6 Å².